The van der Waals surface area contributed by atoms with Gasteiger partial charge in [0.15, 0.2) is 10.9 Å². The van der Waals surface area contributed by atoms with Crippen molar-refractivity contribution in [2.75, 3.05) is 6.54 Å². The lowest BCUT2D eigenvalue weighted by Crippen LogP contribution is -2.19. The summed E-state index contributed by atoms with van der Waals surface area (Å²) in [6, 6.07) is 2.96. The maximum atomic E-state index is 10.5. The first-order valence-electron chi connectivity index (χ1n) is 4.18. The number of hydrogen-bond donors (Lipinski definition) is 2. The SMILES string of the molecule is CC(=O)NCC#Cc1ccc(O)c(Cl)n1. The molecule has 2 N–H and O–H groups in total. The average molecular weight is 225 g/mol. The molecule has 0 saturated heterocycles. The number of halogens is 1. The van der Waals surface area contributed by atoms with Gasteiger partial charge in [-0.1, -0.05) is 17.5 Å². The van der Waals surface area contributed by atoms with E-state index in [0.29, 0.717) is 5.69 Å². The predicted octanol–water partition coefficient (Wildman–Crippen LogP) is 0.928. The van der Waals surface area contributed by atoms with Gasteiger partial charge in [-0.2, -0.15) is 0 Å². The van der Waals surface area contributed by atoms with Gasteiger partial charge in [0.2, 0.25) is 5.91 Å². The Balaban J connectivity index is 2.64. The zero-order chi connectivity index (χ0) is 11.3. The van der Waals surface area contributed by atoms with Crippen molar-refractivity contribution in [1.82, 2.24) is 10.3 Å². The van der Waals surface area contributed by atoms with E-state index in [9.17, 15) is 4.79 Å². The zero-order valence-electron chi connectivity index (χ0n) is 8.04. The number of nitrogens with zero attached hydrogens (tertiary/aromatic N) is 1. The van der Waals surface area contributed by atoms with E-state index in [-0.39, 0.29) is 23.4 Å². The Kier molecular flexibility index (Phi) is 3.95. The van der Waals surface area contributed by atoms with Crippen molar-refractivity contribution < 1.29 is 9.90 Å². The summed E-state index contributed by atoms with van der Waals surface area (Å²) in [6.45, 7) is 1.67. The van der Waals surface area contributed by atoms with E-state index in [1.165, 1.54) is 13.0 Å². The molecule has 0 spiro atoms. The smallest absolute Gasteiger partial charge is 0.217 e. The molecule has 1 heterocycles. The van der Waals surface area contributed by atoms with Crippen LogP contribution in [0.15, 0.2) is 12.1 Å². The molecule has 1 rings (SSSR count). The lowest BCUT2D eigenvalue weighted by molar-refractivity contribution is -0.118. The van der Waals surface area contributed by atoms with Gasteiger partial charge >= 0.3 is 0 Å². The highest BCUT2D eigenvalue weighted by Gasteiger charge is 1.98. The van der Waals surface area contributed by atoms with E-state index < -0.39 is 0 Å². The van der Waals surface area contributed by atoms with Crippen molar-refractivity contribution in [2.24, 2.45) is 0 Å². The normalized spacial score (nSPS) is 8.93. The molecule has 0 atom stereocenters. The monoisotopic (exact) mass is 224 g/mol. The van der Waals surface area contributed by atoms with Crippen molar-refractivity contribution in [3.05, 3.63) is 23.0 Å². The minimum Gasteiger partial charge on any atom is -0.505 e. The Labute approximate surface area is 92.3 Å². The van der Waals surface area contributed by atoms with Crippen LogP contribution in [0.3, 0.4) is 0 Å². The van der Waals surface area contributed by atoms with E-state index in [0.717, 1.165) is 0 Å². The van der Waals surface area contributed by atoms with Crippen LogP contribution in [0.4, 0.5) is 0 Å². The Hall–Kier alpha value is -1.73. The second-order valence-electron chi connectivity index (χ2n) is 2.72. The highest BCUT2D eigenvalue weighted by atomic mass is 35.5. The minimum absolute atomic E-state index is 0.0151. The number of aromatic nitrogens is 1. The summed E-state index contributed by atoms with van der Waals surface area (Å²) in [5.41, 5.74) is 0.447. The number of aromatic hydroxyl groups is 1. The molecule has 15 heavy (non-hydrogen) atoms. The molecule has 78 valence electrons. The summed E-state index contributed by atoms with van der Waals surface area (Å²) < 4.78 is 0. The Morgan fingerprint density at radius 2 is 2.40 bits per heavy atom. The van der Waals surface area contributed by atoms with Crippen LogP contribution in [0, 0.1) is 11.8 Å². The van der Waals surface area contributed by atoms with E-state index in [2.05, 4.69) is 22.1 Å². The van der Waals surface area contributed by atoms with Gasteiger partial charge in [-0.15, -0.1) is 0 Å². The van der Waals surface area contributed by atoms with E-state index in [1.54, 1.807) is 6.07 Å². The highest BCUT2D eigenvalue weighted by Crippen LogP contribution is 2.19. The average Bonchev–Trinajstić information content (AvgIpc) is 2.18. The van der Waals surface area contributed by atoms with Gasteiger partial charge in [-0.25, -0.2) is 4.98 Å². The van der Waals surface area contributed by atoms with Crippen LogP contribution in [0.1, 0.15) is 12.6 Å². The topological polar surface area (TPSA) is 62.2 Å². The quantitative estimate of drug-likeness (QED) is 0.551. The van der Waals surface area contributed by atoms with Crippen LogP contribution in [-0.4, -0.2) is 22.5 Å². The fourth-order valence-corrected chi connectivity index (χ4v) is 0.954. The fourth-order valence-electron chi connectivity index (χ4n) is 0.800. The first-order chi connectivity index (χ1) is 7.09. The molecular weight excluding hydrogens is 216 g/mol. The lowest BCUT2D eigenvalue weighted by Gasteiger charge is -1.95. The molecule has 0 bridgehead atoms. The summed E-state index contributed by atoms with van der Waals surface area (Å²) >= 11 is 5.58. The van der Waals surface area contributed by atoms with Crippen molar-refractivity contribution in [3.63, 3.8) is 0 Å². The summed E-state index contributed by atoms with van der Waals surface area (Å²) in [6.07, 6.45) is 0. The van der Waals surface area contributed by atoms with Crippen LogP contribution in [0.25, 0.3) is 0 Å². The maximum absolute atomic E-state index is 10.5. The molecule has 1 aromatic heterocycles. The third-order valence-electron chi connectivity index (χ3n) is 1.47. The van der Waals surface area contributed by atoms with Crippen molar-refractivity contribution in [1.29, 1.82) is 0 Å². The second kappa shape index (κ2) is 5.23. The number of rotatable bonds is 1. The number of nitrogens with one attached hydrogen (secondary N) is 1. The summed E-state index contributed by atoms with van der Waals surface area (Å²) in [7, 11) is 0. The van der Waals surface area contributed by atoms with Crippen molar-refractivity contribution in [3.8, 4) is 17.6 Å². The van der Waals surface area contributed by atoms with Crippen LogP contribution in [0.2, 0.25) is 5.15 Å². The van der Waals surface area contributed by atoms with Crippen LogP contribution in [0.5, 0.6) is 5.75 Å². The third kappa shape index (κ3) is 3.88. The van der Waals surface area contributed by atoms with Crippen LogP contribution < -0.4 is 5.32 Å². The molecule has 5 heteroatoms. The second-order valence-corrected chi connectivity index (χ2v) is 3.08. The number of carbonyl (C=O) groups is 1. The maximum Gasteiger partial charge on any atom is 0.217 e. The fraction of sp³-hybridized carbons (Fsp3) is 0.200. The Morgan fingerprint density at radius 1 is 1.67 bits per heavy atom. The van der Waals surface area contributed by atoms with E-state index >= 15 is 0 Å². The summed E-state index contributed by atoms with van der Waals surface area (Å²) in [5, 5.41) is 11.6. The molecule has 0 fully saturated rings. The third-order valence-corrected chi connectivity index (χ3v) is 1.75. The standard InChI is InChI=1S/C10H9ClN2O2/c1-7(14)12-6-2-3-8-4-5-9(15)10(11)13-8/h4-5,15H,6H2,1H3,(H,12,14). The predicted molar refractivity (Wildman–Crippen MR) is 56.5 cm³/mol. The highest BCUT2D eigenvalue weighted by molar-refractivity contribution is 6.30. The summed E-state index contributed by atoms with van der Waals surface area (Å²) in [4.78, 5) is 14.3. The van der Waals surface area contributed by atoms with Crippen LogP contribution in [-0.2, 0) is 4.79 Å². The van der Waals surface area contributed by atoms with Gasteiger partial charge in [-0.05, 0) is 18.1 Å². The van der Waals surface area contributed by atoms with Gasteiger partial charge in [0, 0.05) is 6.92 Å². The molecule has 0 aliphatic heterocycles. The first kappa shape index (κ1) is 11.3. The van der Waals surface area contributed by atoms with E-state index in [1.807, 2.05) is 0 Å². The molecule has 0 unspecified atom stereocenters. The lowest BCUT2D eigenvalue weighted by atomic mass is 10.3. The molecular formula is C10H9ClN2O2. The Bertz CT molecular complexity index is 435. The molecule has 1 aromatic rings. The number of amides is 1. The van der Waals surface area contributed by atoms with E-state index in [4.69, 9.17) is 16.7 Å². The van der Waals surface area contributed by atoms with Gasteiger partial charge in [0.05, 0.1) is 6.54 Å². The van der Waals surface area contributed by atoms with Gasteiger partial charge in [-0.3, -0.25) is 4.79 Å². The minimum atomic E-state index is -0.138. The number of carbonyl (C=O) groups excluding carboxylic acids is 1. The summed E-state index contributed by atoms with van der Waals surface area (Å²) in [5.74, 6) is 5.17. The van der Waals surface area contributed by atoms with Crippen molar-refractivity contribution >= 4 is 17.5 Å². The number of hydrogen-bond acceptors (Lipinski definition) is 3. The van der Waals surface area contributed by atoms with Crippen LogP contribution >= 0.6 is 11.6 Å². The first-order valence-corrected chi connectivity index (χ1v) is 4.56. The molecule has 4 nitrogen and oxygen atoms in total. The molecule has 0 aliphatic rings. The molecule has 0 radical (unpaired) electrons. The molecule has 0 aliphatic carbocycles. The molecule has 0 aromatic carbocycles. The largest absolute Gasteiger partial charge is 0.505 e. The van der Waals surface area contributed by atoms with Gasteiger partial charge in [0.25, 0.3) is 0 Å². The molecule has 1 amide bonds. The number of pyridine rings is 1. The van der Waals surface area contributed by atoms with Crippen molar-refractivity contribution in [2.45, 2.75) is 6.92 Å². The molecule has 0 saturated carbocycles. The zero-order valence-corrected chi connectivity index (χ0v) is 8.80. The van der Waals surface area contributed by atoms with Gasteiger partial charge < -0.3 is 10.4 Å². The van der Waals surface area contributed by atoms with Gasteiger partial charge in [0.1, 0.15) is 5.69 Å². The Morgan fingerprint density at radius 3 is 3.00 bits per heavy atom.